The van der Waals surface area contributed by atoms with Crippen LogP contribution in [0.25, 0.3) is 0 Å². The van der Waals surface area contributed by atoms with Gasteiger partial charge < -0.3 is 9.47 Å². The van der Waals surface area contributed by atoms with Crippen molar-refractivity contribution in [3.05, 3.63) is 12.7 Å². The second kappa shape index (κ2) is 3.37. The summed E-state index contributed by atoms with van der Waals surface area (Å²) < 4.78 is 11.1. The average Bonchev–Trinajstić information content (AvgIpc) is 2.33. The molecule has 2 heteroatoms. The fraction of sp³-hybridized carbons (Fsp3) is 0.778. The Balaban J connectivity index is 2.43. The molecule has 1 heterocycles. The van der Waals surface area contributed by atoms with E-state index in [1.54, 1.807) is 6.08 Å². The van der Waals surface area contributed by atoms with Crippen molar-refractivity contribution < 1.29 is 9.47 Å². The molecule has 0 radical (unpaired) electrons. The Morgan fingerprint density at radius 1 is 1.73 bits per heavy atom. The van der Waals surface area contributed by atoms with Gasteiger partial charge >= 0.3 is 0 Å². The lowest BCUT2D eigenvalue weighted by Gasteiger charge is -2.21. The minimum atomic E-state index is -0.354. The summed E-state index contributed by atoms with van der Waals surface area (Å²) in [5, 5.41) is 0. The van der Waals surface area contributed by atoms with Gasteiger partial charge in [-0.3, -0.25) is 0 Å². The molecule has 11 heavy (non-hydrogen) atoms. The predicted molar refractivity (Wildman–Crippen MR) is 44.3 cm³/mol. The van der Waals surface area contributed by atoms with Gasteiger partial charge in [0.15, 0.2) is 5.79 Å². The zero-order chi connectivity index (χ0) is 8.32. The first-order chi connectivity index (χ1) is 5.20. The topological polar surface area (TPSA) is 18.5 Å². The summed E-state index contributed by atoms with van der Waals surface area (Å²) in [5.41, 5.74) is 0. The molecule has 0 N–H and O–H groups in total. The van der Waals surface area contributed by atoms with Gasteiger partial charge in [-0.05, 0) is 6.92 Å². The number of rotatable bonds is 3. The molecule has 0 spiro atoms. The van der Waals surface area contributed by atoms with Crippen molar-refractivity contribution in [3.8, 4) is 0 Å². The molecule has 1 rings (SSSR count). The van der Waals surface area contributed by atoms with Crippen LogP contribution in [-0.2, 0) is 9.47 Å². The molecule has 0 saturated carbocycles. The van der Waals surface area contributed by atoms with E-state index in [-0.39, 0.29) is 11.9 Å². The van der Waals surface area contributed by atoms with Crippen LogP contribution in [-0.4, -0.2) is 18.5 Å². The van der Waals surface area contributed by atoms with Crippen LogP contribution < -0.4 is 0 Å². The van der Waals surface area contributed by atoms with Crippen LogP contribution in [0.5, 0.6) is 0 Å². The Labute approximate surface area is 68.2 Å². The van der Waals surface area contributed by atoms with Gasteiger partial charge in [0.1, 0.15) is 6.10 Å². The van der Waals surface area contributed by atoms with E-state index in [9.17, 15) is 0 Å². The van der Waals surface area contributed by atoms with Gasteiger partial charge in [-0.15, -0.1) is 6.58 Å². The molecule has 0 aromatic heterocycles. The molecule has 2 nitrogen and oxygen atoms in total. The SMILES string of the molecule is C=CC1COC(C)(CCC)O1. The Morgan fingerprint density at radius 3 is 2.91 bits per heavy atom. The van der Waals surface area contributed by atoms with Crippen molar-refractivity contribution in [3.63, 3.8) is 0 Å². The van der Waals surface area contributed by atoms with Gasteiger partial charge in [0.2, 0.25) is 0 Å². The standard InChI is InChI=1S/C9H16O2/c1-4-6-9(3)10-7-8(5-2)11-9/h5,8H,2,4,6-7H2,1,3H3. The van der Waals surface area contributed by atoms with E-state index in [2.05, 4.69) is 13.5 Å². The molecule has 0 aromatic rings. The van der Waals surface area contributed by atoms with E-state index >= 15 is 0 Å². The third-order valence-electron chi connectivity index (χ3n) is 1.92. The molecule has 1 aliphatic heterocycles. The van der Waals surface area contributed by atoms with Crippen molar-refractivity contribution in [1.82, 2.24) is 0 Å². The molecule has 2 atom stereocenters. The van der Waals surface area contributed by atoms with Gasteiger partial charge in [-0.1, -0.05) is 19.4 Å². The minimum Gasteiger partial charge on any atom is -0.347 e. The summed E-state index contributed by atoms with van der Waals surface area (Å²) in [7, 11) is 0. The van der Waals surface area contributed by atoms with Crippen LogP contribution in [0.3, 0.4) is 0 Å². The maximum absolute atomic E-state index is 5.60. The molecule has 0 bridgehead atoms. The number of ether oxygens (including phenoxy) is 2. The molecule has 2 unspecified atom stereocenters. The summed E-state index contributed by atoms with van der Waals surface area (Å²) in [4.78, 5) is 0. The summed E-state index contributed by atoms with van der Waals surface area (Å²) in [6.07, 6.45) is 3.92. The highest BCUT2D eigenvalue weighted by Gasteiger charge is 2.34. The highest BCUT2D eigenvalue weighted by atomic mass is 16.7. The summed E-state index contributed by atoms with van der Waals surface area (Å²) >= 11 is 0. The van der Waals surface area contributed by atoms with Gasteiger partial charge in [0.25, 0.3) is 0 Å². The van der Waals surface area contributed by atoms with E-state index in [4.69, 9.17) is 9.47 Å². The zero-order valence-electron chi connectivity index (χ0n) is 7.30. The minimum absolute atomic E-state index is 0.0894. The van der Waals surface area contributed by atoms with Crippen LogP contribution >= 0.6 is 0 Å². The maximum Gasteiger partial charge on any atom is 0.166 e. The summed E-state index contributed by atoms with van der Waals surface area (Å²) in [6.45, 7) is 8.43. The van der Waals surface area contributed by atoms with Crippen molar-refractivity contribution >= 4 is 0 Å². The van der Waals surface area contributed by atoms with Crippen molar-refractivity contribution in [2.24, 2.45) is 0 Å². The van der Waals surface area contributed by atoms with Crippen molar-refractivity contribution in [2.45, 2.75) is 38.6 Å². The third-order valence-corrected chi connectivity index (χ3v) is 1.92. The predicted octanol–water partition coefficient (Wildman–Crippen LogP) is 2.10. The second-order valence-corrected chi connectivity index (χ2v) is 3.09. The van der Waals surface area contributed by atoms with Gasteiger partial charge in [0, 0.05) is 6.42 Å². The first-order valence-electron chi connectivity index (χ1n) is 4.14. The van der Waals surface area contributed by atoms with E-state index in [0.29, 0.717) is 6.61 Å². The summed E-state index contributed by atoms with van der Waals surface area (Å²) in [6, 6.07) is 0. The molecule has 1 aliphatic rings. The Hall–Kier alpha value is -0.340. The molecule has 64 valence electrons. The molecular formula is C9H16O2. The molecule has 0 aliphatic carbocycles. The molecule has 0 aromatic carbocycles. The van der Waals surface area contributed by atoms with Gasteiger partial charge in [-0.2, -0.15) is 0 Å². The highest BCUT2D eigenvalue weighted by Crippen LogP contribution is 2.27. The number of hydrogen-bond acceptors (Lipinski definition) is 2. The Bertz CT molecular complexity index is 144. The molecule has 1 fully saturated rings. The summed E-state index contributed by atoms with van der Waals surface area (Å²) in [5.74, 6) is -0.354. The molecular weight excluding hydrogens is 140 g/mol. The highest BCUT2D eigenvalue weighted by molar-refractivity contribution is 4.86. The van der Waals surface area contributed by atoms with Crippen LogP contribution in [0.15, 0.2) is 12.7 Å². The second-order valence-electron chi connectivity index (χ2n) is 3.09. The smallest absolute Gasteiger partial charge is 0.166 e. The lowest BCUT2D eigenvalue weighted by Crippen LogP contribution is -2.25. The first kappa shape index (κ1) is 8.75. The van der Waals surface area contributed by atoms with Crippen molar-refractivity contribution in [2.75, 3.05) is 6.61 Å². The fourth-order valence-corrected chi connectivity index (χ4v) is 1.35. The number of hydrogen-bond donors (Lipinski definition) is 0. The van der Waals surface area contributed by atoms with Crippen LogP contribution in [0.1, 0.15) is 26.7 Å². The van der Waals surface area contributed by atoms with Gasteiger partial charge in [-0.25, -0.2) is 0 Å². The lowest BCUT2D eigenvalue weighted by molar-refractivity contribution is -0.153. The quantitative estimate of drug-likeness (QED) is 0.582. The lowest BCUT2D eigenvalue weighted by atomic mass is 10.2. The third kappa shape index (κ3) is 2.04. The Kier molecular flexibility index (Phi) is 2.68. The maximum atomic E-state index is 5.60. The monoisotopic (exact) mass is 156 g/mol. The van der Waals surface area contributed by atoms with E-state index in [1.807, 2.05) is 6.92 Å². The van der Waals surface area contributed by atoms with E-state index in [1.165, 1.54) is 0 Å². The van der Waals surface area contributed by atoms with E-state index in [0.717, 1.165) is 12.8 Å². The van der Waals surface area contributed by atoms with Crippen molar-refractivity contribution in [1.29, 1.82) is 0 Å². The molecule has 0 amide bonds. The van der Waals surface area contributed by atoms with Crippen LogP contribution in [0.2, 0.25) is 0 Å². The largest absolute Gasteiger partial charge is 0.347 e. The molecule has 1 saturated heterocycles. The Morgan fingerprint density at radius 2 is 2.45 bits per heavy atom. The van der Waals surface area contributed by atoms with E-state index < -0.39 is 0 Å². The fourth-order valence-electron chi connectivity index (χ4n) is 1.35. The first-order valence-corrected chi connectivity index (χ1v) is 4.14. The van der Waals surface area contributed by atoms with Gasteiger partial charge in [0.05, 0.1) is 6.61 Å². The zero-order valence-corrected chi connectivity index (χ0v) is 7.30. The normalized spacial score (nSPS) is 37.5. The van der Waals surface area contributed by atoms with Crippen LogP contribution in [0, 0.1) is 0 Å². The van der Waals surface area contributed by atoms with Crippen LogP contribution in [0.4, 0.5) is 0 Å². The average molecular weight is 156 g/mol.